The molecule has 0 saturated heterocycles. The van der Waals surface area contributed by atoms with Crippen molar-refractivity contribution in [1.82, 2.24) is 0 Å². The van der Waals surface area contributed by atoms with Crippen molar-refractivity contribution < 1.29 is 14.3 Å². The summed E-state index contributed by atoms with van der Waals surface area (Å²) in [5, 5.41) is 0. The van der Waals surface area contributed by atoms with Crippen LogP contribution < -0.4 is 0 Å². The van der Waals surface area contributed by atoms with Gasteiger partial charge in [-0.15, -0.1) is 0 Å². The monoisotopic (exact) mass is 120 g/mol. The van der Waals surface area contributed by atoms with Crippen LogP contribution in [-0.4, -0.2) is 5.97 Å². The molecule has 0 radical (unpaired) electrons. The fourth-order valence-corrected chi connectivity index (χ4v) is 0.116. The van der Waals surface area contributed by atoms with Gasteiger partial charge in [-0.25, -0.2) is 4.79 Å². The maximum atomic E-state index is 11.0. The molecule has 48 valence electrons. The number of hydrogen-bond acceptors (Lipinski definition) is 2. The maximum Gasteiger partial charge on any atom is 0.354 e. The minimum Gasteiger partial charge on any atom is -0.254 e. The van der Waals surface area contributed by atoms with E-state index in [1.165, 1.54) is 0 Å². The third-order valence-corrected chi connectivity index (χ3v) is 0.682. The zero-order valence-corrected chi connectivity index (χ0v) is 5.19. The van der Waals surface area contributed by atoms with Gasteiger partial charge in [-0.1, -0.05) is 0 Å². The summed E-state index contributed by atoms with van der Waals surface area (Å²) in [6.07, 6.45) is 0. The van der Waals surface area contributed by atoms with Gasteiger partial charge in [-0.2, -0.15) is 0 Å². The van der Waals surface area contributed by atoms with Crippen molar-refractivity contribution in [2.75, 3.05) is 0 Å². The molecule has 0 aliphatic heterocycles. The number of rotatable bonds is 0. The molecule has 0 rings (SSSR count). The first-order valence-corrected chi connectivity index (χ1v) is 2.31. The van der Waals surface area contributed by atoms with Gasteiger partial charge in [0.2, 0.25) is 0 Å². The van der Waals surface area contributed by atoms with Crippen molar-refractivity contribution in [3.05, 3.63) is 0 Å². The Morgan fingerprint density at radius 3 is 1.88 bits per heavy atom. The molecule has 2 nitrogen and oxygen atoms in total. The minimum absolute atomic E-state index is 0.727. The summed E-state index contributed by atoms with van der Waals surface area (Å²) in [5.74, 6) is -0.836. The fourth-order valence-electron chi connectivity index (χ4n) is 0.116. The van der Waals surface area contributed by atoms with Gasteiger partial charge in [0.15, 0.2) is 0 Å². The van der Waals surface area contributed by atoms with E-state index in [0.717, 1.165) is 0 Å². The third-order valence-electron chi connectivity index (χ3n) is 0.682. The zero-order chi connectivity index (χ0) is 6.78. The van der Waals surface area contributed by atoms with Crippen molar-refractivity contribution in [2.24, 2.45) is 5.41 Å². The lowest BCUT2D eigenvalue weighted by Crippen LogP contribution is -2.19. The lowest BCUT2D eigenvalue weighted by molar-refractivity contribution is -0.193. The van der Waals surface area contributed by atoms with E-state index in [0.29, 0.717) is 0 Å². The summed E-state index contributed by atoms with van der Waals surface area (Å²) < 4.78 is 11.0. The average molecular weight is 120 g/mol. The van der Waals surface area contributed by atoms with Crippen molar-refractivity contribution >= 4 is 5.97 Å². The molecule has 3 heteroatoms. The van der Waals surface area contributed by atoms with Crippen LogP contribution in [0.3, 0.4) is 0 Å². The standard InChI is InChI=1S/C5H9FO2/c1-5(2,3)4(7)8-6/h1-3H3. The summed E-state index contributed by atoms with van der Waals surface area (Å²) in [5.41, 5.74) is -0.727. The van der Waals surface area contributed by atoms with E-state index in [-0.39, 0.29) is 0 Å². The van der Waals surface area contributed by atoms with Gasteiger partial charge in [0.25, 0.3) is 0 Å². The Morgan fingerprint density at radius 2 is 1.88 bits per heavy atom. The number of halogens is 1. The second kappa shape index (κ2) is 2.11. The van der Waals surface area contributed by atoms with Gasteiger partial charge in [0.05, 0.1) is 5.41 Å². The van der Waals surface area contributed by atoms with Crippen LogP contribution in [-0.2, 0) is 9.74 Å². The predicted octanol–water partition coefficient (Wildman–Crippen LogP) is 1.46. The Hall–Kier alpha value is -0.600. The van der Waals surface area contributed by atoms with Gasteiger partial charge in [0, 0.05) is 4.53 Å². The molecule has 0 aliphatic carbocycles. The summed E-state index contributed by atoms with van der Waals surface area (Å²) in [4.78, 5) is 13.2. The Kier molecular flexibility index (Phi) is 1.95. The largest absolute Gasteiger partial charge is 0.354 e. The first-order chi connectivity index (χ1) is 3.48. The topological polar surface area (TPSA) is 26.3 Å². The molecule has 0 N–H and O–H groups in total. The van der Waals surface area contributed by atoms with Crippen molar-refractivity contribution in [2.45, 2.75) is 20.8 Å². The Bertz CT molecular complexity index is 93.1. The number of carbonyl (C=O) groups is 1. The predicted molar refractivity (Wildman–Crippen MR) is 26.7 cm³/mol. The van der Waals surface area contributed by atoms with E-state index in [1.807, 2.05) is 0 Å². The van der Waals surface area contributed by atoms with Crippen LogP contribution in [0.25, 0.3) is 0 Å². The maximum absolute atomic E-state index is 11.0. The fraction of sp³-hybridized carbons (Fsp3) is 0.800. The van der Waals surface area contributed by atoms with E-state index < -0.39 is 11.4 Å². The van der Waals surface area contributed by atoms with Crippen LogP contribution in [0.15, 0.2) is 0 Å². The Balaban J connectivity index is 3.82. The quantitative estimate of drug-likeness (QED) is 0.483. The molecule has 0 aromatic rings. The van der Waals surface area contributed by atoms with Crippen molar-refractivity contribution in [3.63, 3.8) is 0 Å². The van der Waals surface area contributed by atoms with Crippen LogP contribution >= 0.6 is 0 Å². The Labute approximate surface area is 47.5 Å². The molecule has 0 fully saturated rings. The minimum atomic E-state index is -0.836. The van der Waals surface area contributed by atoms with Crippen LogP contribution in [0.5, 0.6) is 0 Å². The molecule has 0 bridgehead atoms. The number of carbonyl (C=O) groups excluding carboxylic acids is 1. The average Bonchev–Trinajstić information content (AvgIpc) is 1.62. The summed E-state index contributed by atoms with van der Waals surface area (Å²) in [6.45, 7) is 4.73. The highest BCUT2D eigenvalue weighted by molar-refractivity contribution is 5.74. The molecule has 8 heavy (non-hydrogen) atoms. The molecule has 0 spiro atoms. The lowest BCUT2D eigenvalue weighted by Gasteiger charge is -2.09. The molecular weight excluding hydrogens is 111 g/mol. The molecule has 0 aliphatic rings. The normalized spacial score (nSPS) is 11.0. The molecule has 0 heterocycles. The molecule has 0 aromatic carbocycles. The van der Waals surface area contributed by atoms with E-state index in [1.54, 1.807) is 20.8 Å². The first-order valence-electron chi connectivity index (χ1n) is 2.31. The van der Waals surface area contributed by atoms with E-state index >= 15 is 0 Å². The highest BCUT2D eigenvalue weighted by atomic mass is 19.3. The van der Waals surface area contributed by atoms with Gasteiger partial charge in [0.1, 0.15) is 0 Å². The van der Waals surface area contributed by atoms with Gasteiger partial charge >= 0.3 is 5.97 Å². The van der Waals surface area contributed by atoms with Crippen LogP contribution in [0.2, 0.25) is 0 Å². The van der Waals surface area contributed by atoms with E-state index in [4.69, 9.17) is 0 Å². The highest BCUT2D eigenvalue weighted by Crippen LogP contribution is 2.14. The molecule has 0 aromatic heterocycles. The van der Waals surface area contributed by atoms with Gasteiger partial charge in [-0.3, -0.25) is 4.94 Å². The number of hydrogen-bond donors (Lipinski definition) is 0. The molecule has 0 unspecified atom stereocenters. The van der Waals surface area contributed by atoms with Crippen molar-refractivity contribution in [3.8, 4) is 0 Å². The lowest BCUT2D eigenvalue weighted by atomic mass is 9.98. The second-order valence-electron chi connectivity index (χ2n) is 2.61. The summed E-state index contributed by atoms with van der Waals surface area (Å²) in [6, 6.07) is 0. The Morgan fingerprint density at radius 1 is 1.50 bits per heavy atom. The smallest absolute Gasteiger partial charge is 0.254 e. The van der Waals surface area contributed by atoms with Crippen LogP contribution in [0, 0.1) is 5.41 Å². The van der Waals surface area contributed by atoms with Gasteiger partial charge < -0.3 is 0 Å². The molecule has 0 atom stereocenters. The zero-order valence-electron chi connectivity index (χ0n) is 5.19. The highest BCUT2D eigenvalue weighted by Gasteiger charge is 2.23. The summed E-state index contributed by atoms with van der Waals surface area (Å²) >= 11 is 0. The van der Waals surface area contributed by atoms with Crippen molar-refractivity contribution in [1.29, 1.82) is 0 Å². The molecular formula is C5H9FO2. The van der Waals surface area contributed by atoms with Crippen LogP contribution in [0.4, 0.5) is 4.53 Å². The first kappa shape index (κ1) is 7.40. The summed E-state index contributed by atoms with van der Waals surface area (Å²) in [7, 11) is 0. The van der Waals surface area contributed by atoms with Crippen LogP contribution in [0.1, 0.15) is 20.8 Å². The van der Waals surface area contributed by atoms with E-state index in [2.05, 4.69) is 4.94 Å². The van der Waals surface area contributed by atoms with E-state index in [9.17, 15) is 9.32 Å². The van der Waals surface area contributed by atoms with Gasteiger partial charge in [-0.05, 0) is 20.8 Å². The molecule has 0 saturated carbocycles. The molecule has 0 amide bonds. The second-order valence-corrected chi connectivity index (χ2v) is 2.61. The SMILES string of the molecule is CC(C)(C)C(=O)OF. The third kappa shape index (κ3) is 1.91.